The van der Waals surface area contributed by atoms with Crippen molar-refractivity contribution in [3.63, 3.8) is 0 Å². The number of carbonyl (C=O) groups excluding carboxylic acids is 1. The maximum absolute atomic E-state index is 12.0. The maximum Gasteiger partial charge on any atom is 0.239 e. The topological polar surface area (TPSA) is 46.3 Å². The molecule has 0 aliphatic heterocycles. The Balaban J connectivity index is 2.46. The van der Waals surface area contributed by atoms with Crippen LogP contribution in [0.4, 0.5) is 0 Å². The fourth-order valence-electron chi connectivity index (χ4n) is 2.35. The average Bonchev–Trinajstić information content (AvgIpc) is 2.28. The Hall–Kier alpha value is -0.830. The zero-order valence-corrected chi connectivity index (χ0v) is 10.5. The van der Waals surface area contributed by atoms with Crippen LogP contribution < -0.4 is 5.73 Å². The van der Waals surface area contributed by atoms with E-state index in [0.29, 0.717) is 12.5 Å². The largest absolute Gasteiger partial charge is 0.341 e. The van der Waals surface area contributed by atoms with Crippen LogP contribution >= 0.6 is 0 Å². The van der Waals surface area contributed by atoms with Crippen molar-refractivity contribution in [2.24, 2.45) is 11.7 Å². The van der Waals surface area contributed by atoms with E-state index in [1.807, 2.05) is 11.9 Å². The van der Waals surface area contributed by atoms with Crippen LogP contribution in [0.15, 0.2) is 12.7 Å². The van der Waals surface area contributed by atoms with Crippen LogP contribution in [0, 0.1) is 5.92 Å². The first-order valence-corrected chi connectivity index (χ1v) is 6.19. The molecule has 0 radical (unpaired) electrons. The average molecular weight is 224 g/mol. The molecule has 3 nitrogen and oxygen atoms in total. The van der Waals surface area contributed by atoms with Gasteiger partial charge < -0.3 is 10.6 Å². The highest BCUT2D eigenvalue weighted by Crippen LogP contribution is 2.26. The Labute approximate surface area is 98.7 Å². The van der Waals surface area contributed by atoms with Crippen LogP contribution in [-0.2, 0) is 4.79 Å². The minimum absolute atomic E-state index is 0.0550. The number of nitrogens with two attached hydrogens (primary N) is 1. The lowest BCUT2D eigenvalue weighted by Crippen LogP contribution is -2.47. The van der Waals surface area contributed by atoms with Gasteiger partial charge in [-0.2, -0.15) is 0 Å². The maximum atomic E-state index is 12.0. The first kappa shape index (κ1) is 13.2. The highest BCUT2D eigenvalue weighted by molar-refractivity contribution is 5.81. The van der Waals surface area contributed by atoms with E-state index in [0.717, 1.165) is 18.8 Å². The number of carbonyl (C=O) groups is 1. The van der Waals surface area contributed by atoms with Gasteiger partial charge in [0.2, 0.25) is 5.91 Å². The van der Waals surface area contributed by atoms with Crippen molar-refractivity contribution >= 4 is 5.91 Å². The molecule has 1 atom stereocenters. The number of likely N-dealkylation sites (N-methyl/N-ethyl adjacent to an activating group) is 1. The van der Waals surface area contributed by atoms with Gasteiger partial charge in [-0.15, -0.1) is 6.58 Å². The minimum atomic E-state index is -0.415. The summed E-state index contributed by atoms with van der Waals surface area (Å²) in [7, 11) is 1.88. The molecule has 1 rings (SSSR count). The molecule has 1 fully saturated rings. The molecule has 1 unspecified atom stereocenters. The van der Waals surface area contributed by atoms with Gasteiger partial charge in [-0.25, -0.2) is 0 Å². The third-order valence-corrected chi connectivity index (χ3v) is 3.62. The van der Waals surface area contributed by atoms with Crippen molar-refractivity contribution in [2.45, 2.75) is 51.1 Å². The van der Waals surface area contributed by atoms with Gasteiger partial charge in [-0.1, -0.05) is 13.0 Å². The van der Waals surface area contributed by atoms with Crippen LogP contribution in [0.25, 0.3) is 0 Å². The first-order valence-electron chi connectivity index (χ1n) is 6.19. The highest BCUT2D eigenvalue weighted by Gasteiger charge is 2.26. The molecule has 1 aliphatic carbocycles. The summed E-state index contributed by atoms with van der Waals surface area (Å²) in [4.78, 5) is 13.8. The van der Waals surface area contributed by atoms with E-state index in [-0.39, 0.29) is 5.91 Å². The lowest BCUT2D eigenvalue weighted by molar-refractivity contribution is -0.134. The predicted molar refractivity (Wildman–Crippen MR) is 67.0 cm³/mol. The fraction of sp³-hybridized carbons (Fsp3) is 0.769. The van der Waals surface area contributed by atoms with Crippen LogP contribution in [0.3, 0.4) is 0 Å². The summed E-state index contributed by atoms with van der Waals surface area (Å²) in [5.41, 5.74) is 5.80. The Morgan fingerprint density at radius 3 is 2.56 bits per heavy atom. The quantitative estimate of drug-likeness (QED) is 0.742. The lowest BCUT2D eigenvalue weighted by Gasteiger charge is -2.34. The van der Waals surface area contributed by atoms with E-state index >= 15 is 0 Å². The van der Waals surface area contributed by atoms with Crippen LogP contribution in [-0.4, -0.2) is 29.9 Å². The summed E-state index contributed by atoms with van der Waals surface area (Å²) in [6, 6.07) is -0.0265. The van der Waals surface area contributed by atoms with Gasteiger partial charge in [0.1, 0.15) is 0 Å². The second-order valence-corrected chi connectivity index (χ2v) is 4.99. The molecule has 2 N–H and O–H groups in total. The SMILES string of the molecule is C=CCC(N)C(=O)N(C)C1CCC(C)CC1. The second-order valence-electron chi connectivity index (χ2n) is 4.99. The summed E-state index contributed by atoms with van der Waals surface area (Å²) < 4.78 is 0. The van der Waals surface area contributed by atoms with Gasteiger partial charge in [-0.05, 0) is 38.0 Å². The molecule has 0 aromatic carbocycles. The van der Waals surface area contributed by atoms with Crippen LogP contribution in [0.1, 0.15) is 39.0 Å². The van der Waals surface area contributed by atoms with E-state index in [2.05, 4.69) is 13.5 Å². The second kappa shape index (κ2) is 6.04. The molecule has 92 valence electrons. The molecule has 0 saturated heterocycles. The van der Waals surface area contributed by atoms with Crippen molar-refractivity contribution in [2.75, 3.05) is 7.05 Å². The zero-order valence-electron chi connectivity index (χ0n) is 10.5. The predicted octanol–water partition coefficient (Wildman–Crippen LogP) is 1.93. The number of amides is 1. The molecule has 0 aromatic heterocycles. The van der Waals surface area contributed by atoms with Crippen molar-refractivity contribution < 1.29 is 4.79 Å². The third-order valence-electron chi connectivity index (χ3n) is 3.62. The van der Waals surface area contributed by atoms with Gasteiger partial charge in [-0.3, -0.25) is 4.79 Å². The highest BCUT2D eigenvalue weighted by atomic mass is 16.2. The molecule has 1 aliphatic rings. The van der Waals surface area contributed by atoms with E-state index in [1.165, 1.54) is 12.8 Å². The monoisotopic (exact) mass is 224 g/mol. The molecule has 16 heavy (non-hydrogen) atoms. The molecular weight excluding hydrogens is 200 g/mol. The zero-order chi connectivity index (χ0) is 12.1. The fourth-order valence-corrected chi connectivity index (χ4v) is 2.35. The van der Waals surface area contributed by atoms with Crippen LogP contribution in [0.5, 0.6) is 0 Å². The number of nitrogens with zero attached hydrogens (tertiary/aromatic N) is 1. The third kappa shape index (κ3) is 3.34. The molecule has 1 amide bonds. The van der Waals surface area contributed by atoms with E-state index in [9.17, 15) is 4.79 Å². The Bertz CT molecular complexity index is 244. The lowest BCUT2D eigenvalue weighted by atomic mass is 9.86. The number of hydrogen-bond acceptors (Lipinski definition) is 2. The molecular formula is C13H24N2O. The standard InChI is InChI=1S/C13H24N2O/c1-4-5-12(14)13(16)15(3)11-8-6-10(2)7-9-11/h4,10-12H,1,5-9,14H2,2-3H3. The van der Waals surface area contributed by atoms with Crippen LogP contribution in [0.2, 0.25) is 0 Å². The molecule has 0 bridgehead atoms. The van der Waals surface area contributed by atoms with Gasteiger partial charge in [0.15, 0.2) is 0 Å². The summed E-state index contributed by atoms with van der Waals surface area (Å²) in [6.07, 6.45) is 6.94. The number of rotatable bonds is 4. The van der Waals surface area contributed by atoms with E-state index < -0.39 is 6.04 Å². The Morgan fingerprint density at radius 1 is 1.50 bits per heavy atom. The minimum Gasteiger partial charge on any atom is -0.341 e. The van der Waals surface area contributed by atoms with Crippen molar-refractivity contribution in [1.29, 1.82) is 0 Å². The molecule has 3 heteroatoms. The van der Waals surface area contributed by atoms with Gasteiger partial charge >= 0.3 is 0 Å². The smallest absolute Gasteiger partial charge is 0.239 e. The van der Waals surface area contributed by atoms with Crippen molar-refractivity contribution in [1.82, 2.24) is 4.90 Å². The Morgan fingerprint density at radius 2 is 2.06 bits per heavy atom. The summed E-state index contributed by atoms with van der Waals surface area (Å²) in [5.74, 6) is 0.862. The van der Waals surface area contributed by atoms with E-state index in [4.69, 9.17) is 5.73 Å². The van der Waals surface area contributed by atoms with Gasteiger partial charge in [0, 0.05) is 13.1 Å². The normalized spacial score (nSPS) is 27.2. The summed E-state index contributed by atoms with van der Waals surface area (Å²) in [6.45, 7) is 5.89. The Kier molecular flexibility index (Phi) is 5.00. The van der Waals surface area contributed by atoms with Gasteiger partial charge in [0.25, 0.3) is 0 Å². The van der Waals surface area contributed by atoms with Crippen molar-refractivity contribution in [3.05, 3.63) is 12.7 Å². The molecule has 1 saturated carbocycles. The van der Waals surface area contributed by atoms with Crippen molar-refractivity contribution in [3.8, 4) is 0 Å². The number of hydrogen-bond donors (Lipinski definition) is 1. The molecule has 0 aromatic rings. The van der Waals surface area contributed by atoms with Gasteiger partial charge in [0.05, 0.1) is 6.04 Å². The summed E-state index contributed by atoms with van der Waals surface area (Å²) in [5, 5.41) is 0. The summed E-state index contributed by atoms with van der Waals surface area (Å²) >= 11 is 0. The first-order chi connectivity index (χ1) is 7.56. The molecule has 0 heterocycles. The molecule has 0 spiro atoms. The van der Waals surface area contributed by atoms with E-state index in [1.54, 1.807) is 6.08 Å².